The number of pyridine rings is 2. The van der Waals surface area contributed by atoms with E-state index in [9.17, 15) is 39.4 Å². The molecule has 0 aliphatic carbocycles. The van der Waals surface area contributed by atoms with E-state index in [4.69, 9.17) is 0 Å². The molecule has 77 heavy (non-hydrogen) atoms. The van der Waals surface area contributed by atoms with E-state index in [2.05, 4.69) is 20.6 Å². The monoisotopic (exact) mass is 1060 g/mol. The van der Waals surface area contributed by atoms with Gasteiger partial charge in [0, 0.05) is 77.9 Å². The highest BCUT2D eigenvalue weighted by Crippen LogP contribution is 2.50. The van der Waals surface area contributed by atoms with Gasteiger partial charge in [-0.15, -0.1) is 0 Å². The molecule has 8 rings (SSSR count). The van der Waals surface area contributed by atoms with Gasteiger partial charge in [0.2, 0.25) is 23.6 Å². The maximum absolute atomic E-state index is 14.0. The van der Waals surface area contributed by atoms with Crippen LogP contribution in [0.25, 0.3) is 34.4 Å². The number of nitrogens with zero attached hydrogens (tertiary/aromatic N) is 8. The van der Waals surface area contributed by atoms with Crippen molar-refractivity contribution in [1.82, 2.24) is 30.4 Å². The molecule has 0 spiro atoms. The fourth-order valence-electron chi connectivity index (χ4n) is 9.68. The van der Waals surface area contributed by atoms with E-state index in [0.29, 0.717) is 60.1 Å². The van der Waals surface area contributed by atoms with Crippen molar-refractivity contribution in [3.63, 3.8) is 0 Å². The molecule has 396 valence electrons. The number of nitrogens with one attached hydrogen (secondary N) is 2. The van der Waals surface area contributed by atoms with E-state index >= 15 is 0 Å². The van der Waals surface area contributed by atoms with Gasteiger partial charge in [-0.3, -0.25) is 49.2 Å². The van der Waals surface area contributed by atoms with Gasteiger partial charge < -0.3 is 20.4 Å². The molecule has 2 saturated heterocycles. The van der Waals surface area contributed by atoms with Gasteiger partial charge in [-0.2, -0.15) is 0 Å². The zero-order valence-electron chi connectivity index (χ0n) is 43.7. The first-order valence-electron chi connectivity index (χ1n) is 25.3. The molecule has 0 bridgehead atoms. The minimum absolute atomic E-state index is 0.0772. The van der Waals surface area contributed by atoms with Gasteiger partial charge in [0.25, 0.3) is 11.4 Å². The molecule has 2 fully saturated rings. The number of nitro benzene ring substituents is 2. The molecule has 6 aromatic rings. The van der Waals surface area contributed by atoms with Gasteiger partial charge in [-0.05, 0) is 93.8 Å². The molecule has 2 N–H and O–H groups in total. The quantitative estimate of drug-likeness (QED) is 0.0526. The first kappa shape index (κ1) is 54.9. The third-order valence-electron chi connectivity index (χ3n) is 13.7. The molecule has 18 nitrogen and oxygen atoms in total. The van der Waals surface area contributed by atoms with Gasteiger partial charge in [-0.1, -0.05) is 112 Å². The third-order valence-corrected chi connectivity index (χ3v) is 14.8. The summed E-state index contributed by atoms with van der Waals surface area (Å²) in [7, 11) is 3.25. The van der Waals surface area contributed by atoms with E-state index < -0.39 is 33.7 Å². The third kappa shape index (κ3) is 12.3. The molecule has 19 heteroatoms. The number of piperazine rings is 2. The van der Waals surface area contributed by atoms with Crippen molar-refractivity contribution in [3.05, 3.63) is 176 Å². The molecule has 0 saturated carbocycles. The van der Waals surface area contributed by atoms with Crippen LogP contribution >= 0.6 is 11.8 Å². The van der Waals surface area contributed by atoms with Crippen LogP contribution in [0.2, 0.25) is 0 Å². The summed E-state index contributed by atoms with van der Waals surface area (Å²) in [5.74, 6) is -0.545. The zero-order valence-corrected chi connectivity index (χ0v) is 44.5. The number of anilines is 2. The van der Waals surface area contributed by atoms with Crippen LogP contribution in [0, 0.1) is 20.2 Å². The molecular formula is C58H60N10O8S. The second-order valence-electron chi connectivity index (χ2n) is 19.3. The Morgan fingerprint density at radius 3 is 1.35 bits per heavy atom. The van der Waals surface area contributed by atoms with Crippen LogP contribution in [-0.4, -0.2) is 119 Å². The predicted molar refractivity (Wildman–Crippen MR) is 299 cm³/mol. The highest BCUT2D eigenvalue weighted by Gasteiger charge is 2.34. The van der Waals surface area contributed by atoms with Crippen molar-refractivity contribution in [2.24, 2.45) is 0 Å². The number of carbonyl (C=O) groups excluding carboxylic acids is 4. The van der Waals surface area contributed by atoms with E-state index in [1.807, 2.05) is 52.0 Å². The standard InChI is InChI=1S/C58H60N10O8S/c1-37(2)41-15-7-9-17-43(41)53-39(23-27-51(69)65-33-31-59-45(35-65)57(71)63(5)49-19-11-13-29-61-49)21-25-47(55(53)67(73)74)77-48-26-22-40(54(56(48)68(75)76)44-18-10-8-16-42(44)38(3)4)24-28-52(70)66-34-32-60-46(36-66)58(72)64(6)50-20-12-14-30-62-50/h7-30,37-38,45-46,59-60H,31-36H2,1-6H3. The summed E-state index contributed by atoms with van der Waals surface area (Å²) < 4.78 is 0. The van der Waals surface area contributed by atoms with Crippen molar-refractivity contribution in [2.75, 3.05) is 63.2 Å². The Labute approximate surface area is 451 Å². The lowest BCUT2D eigenvalue weighted by atomic mass is 9.89. The van der Waals surface area contributed by atoms with Crippen molar-refractivity contribution >= 4 is 70.6 Å². The van der Waals surface area contributed by atoms with Crippen molar-refractivity contribution in [2.45, 2.75) is 61.4 Å². The second kappa shape index (κ2) is 24.5. The van der Waals surface area contributed by atoms with Gasteiger partial charge in [0.15, 0.2) is 0 Å². The average Bonchev–Trinajstić information content (AvgIpc) is 3.48. The van der Waals surface area contributed by atoms with E-state index in [0.717, 1.165) is 22.9 Å². The number of likely N-dealkylation sites (N-methyl/N-ethyl adjacent to an activating group) is 2. The summed E-state index contributed by atoms with van der Waals surface area (Å²) in [4.78, 5) is 96.0. The highest BCUT2D eigenvalue weighted by molar-refractivity contribution is 7.99. The minimum atomic E-state index is -0.704. The zero-order chi connectivity index (χ0) is 54.9. The van der Waals surface area contributed by atoms with Crippen LogP contribution < -0.4 is 20.4 Å². The second-order valence-corrected chi connectivity index (χ2v) is 20.4. The molecule has 0 radical (unpaired) electrons. The van der Waals surface area contributed by atoms with Crippen molar-refractivity contribution < 1.29 is 29.0 Å². The summed E-state index contributed by atoms with van der Waals surface area (Å²) in [5, 5.41) is 33.7. The van der Waals surface area contributed by atoms with Gasteiger partial charge in [-0.25, -0.2) is 9.97 Å². The summed E-state index contributed by atoms with van der Waals surface area (Å²) in [6.07, 6.45) is 8.97. The van der Waals surface area contributed by atoms with Crippen LogP contribution in [-0.2, 0) is 19.2 Å². The Bertz CT molecular complexity index is 3050. The smallest absolute Gasteiger partial charge is 0.291 e. The maximum atomic E-state index is 14.0. The van der Waals surface area contributed by atoms with Crippen molar-refractivity contribution in [3.8, 4) is 22.3 Å². The summed E-state index contributed by atoms with van der Waals surface area (Å²) >= 11 is 0.886. The summed E-state index contributed by atoms with van der Waals surface area (Å²) in [6, 6.07) is 30.2. The Morgan fingerprint density at radius 1 is 0.597 bits per heavy atom. The van der Waals surface area contributed by atoms with E-state index in [1.165, 1.54) is 22.0 Å². The first-order valence-corrected chi connectivity index (χ1v) is 26.1. The lowest BCUT2D eigenvalue weighted by Crippen LogP contribution is -2.58. The Morgan fingerprint density at radius 2 is 0.987 bits per heavy atom. The number of amides is 4. The lowest BCUT2D eigenvalue weighted by molar-refractivity contribution is -0.387. The molecule has 2 aliphatic heterocycles. The molecule has 4 aromatic carbocycles. The number of benzene rings is 4. The molecule has 2 unspecified atom stereocenters. The Kier molecular flexibility index (Phi) is 17.5. The maximum Gasteiger partial charge on any atom is 0.291 e. The van der Waals surface area contributed by atoms with Gasteiger partial charge in [0.05, 0.1) is 30.8 Å². The largest absolute Gasteiger partial charge is 0.336 e. The van der Waals surface area contributed by atoms with E-state index in [-0.39, 0.29) is 69.0 Å². The summed E-state index contributed by atoms with van der Waals surface area (Å²) in [5.41, 5.74) is 3.30. The van der Waals surface area contributed by atoms with Crippen LogP contribution in [0.1, 0.15) is 61.8 Å². The number of nitro groups is 2. The lowest BCUT2D eigenvalue weighted by Gasteiger charge is -2.34. The predicted octanol–water partition coefficient (Wildman–Crippen LogP) is 8.98. The van der Waals surface area contributed by atoms with E-state index in [1.54, 1.807) is 133 Å². The average molecular weight is 1060 g/mol. The minimum Gasteiger partial charge on any atom is -0.336 e. The first-order chi connectivity index (χ1) is 37.0. The number of hydrogen-bond donors (Lipinski definition) is 2. The van der Waals surface area contributed by atoms with Crippen LogP contribution in [0.4, 0.5) is 23.0 Å². The van der Waals surface area contributed by atoms with Gasteiger partial charge in [0.1, 0.15) is 23.7 Å². The molecule has 2 aliphatic rings. The molecule has 2 aromatic heterocycles. The topological polar surface area (TPSA) is 217 Å². The van der Waals surface area contributed by atoms with Crippen LogP contribution in [0.5, 0.6) is 0 Å². The molecule has 4 heterocycles. The Balaban J connectivity index is 1.16. The number of carbonyl (C=O) groups is 4. The fraction of sp³-hybridized carbons (Fsp3) is 0.276. The number of aromatic nitrogens is 2. The highest BCUT2D eigenvalue weighted by atomic mass is 32.2. The number of hydrogen-bond acceptors (Lipinski definition) is 13. The molecule has 2 atom stereocenters. The van der Waals surface area contributed by atoms with Crippen LogP contribution in [0.15, 0.2) is 144 Å². The molecular weight excluding hydrogens is 997 g/mol. The van der Waals surface area contributed by atoms with Crippen molar-refractivity contribution in [1.29, 1.82) is 0 Å². The molecule has 4 amide bonds. The summed E-state index contributed by atoms with van der Waals surface area (Å²) in [6.45, 7) is 9.41. The van der Waals surface area contributed by atoms with Crippen LogP contribution in [0.3, 0.4) is 0 Å². The van der Waals surface area contributed by atoms with Gasteiger partial charge >= 0.3 is 0 Å². The fourth-order valence-corrected chi connectivity index (χ4v) is 10.7. The SMILES string of the molecule is CC(C)c1ccccc1-c1c(C=CC(=O)N2CCNC(C(=O)N(C)c3ccccn3)C2)ccc(Sc2ccc(C=CC(=O)N3CCNC(C(=O)N(C)c4ccccn4)C3)c(-c3ccccc3C(C)C)c2[N+](=O)[O-])c1[N+](=O)[O-]. The number of rotatable bonds is 16. The normalized spacial score (nSPS) is 15.8. The Hall–Kier alpha value is -8.39.